The zero-order valence-electron chi connectivity index (χ0n) is 21.3. The second kappa shape index (κ2) is 12.4. The Morgan fingerprint density at radius 3 is 2.39 bits per heavy atom. The Bertz CT molecular complexity index is 1520. The molecule has 0 aliphatic rings. The number of anilines is 2. The summed E-state index contributed by atoms with van der Waals surface area (Å²) in [6.45, 7) is 7.37. The molecule has 2 N–H and O–H groups in total. The molecule has 0 saturated carbocycles. The Kier molecular flexibility index (Phi) is 9.06. The number of nitrogens with one attached hydrogen (secondary N) is 2. The lowest BCUT2D eigenvalue weighted by molar-refractivity contribution is -0.114. The van der Waals surface area contributed by atoms with Gasteiger partial charge < -0.3 is 15.2 Å². The van der Waals surface area contributed by atoms with Gasteiger partial charge in [0.2, 0.25) is 5.91 Å². The summed E-state index contributed by atoms with van der Waals surface area (Å²) in [7, 11) is 0. The van der Waals surface area contributed by atoms with Gasteiger partial charge in [0.25, 0.3) is 5.56 Å². The zero-order valence-corrected chi connectivity index (χ0v) is 24.5. The third-order valence-electron chi connectivity index (χ3n) is 6.05. The van der Waals surface area contributed by atoms with E-state index in [1.807, 2.05) is 60.7 Å². The summed E-state index contributed by atoms with van der Waals surface area (Å²) >= 11 is 7.41. The summed E-state index contributed by atoms with van der Waals surface area (Å²) < 4.78 is 0. The van der Waals surface area contributed by atoms with Crippen LogP contribution < -0.4 is 15.8 Å². The van der Waals surface area contributed by atoms with Crippen LogP contribution in [-0.2, 0) is 4.79 Å². The van der Waals surface area contributed by atoms with Crippen molar-refractivity contribution in [3.8, 4) is 0 Å². The molecule has 4 aromatic rings. The summed E-state index contributed by atoms with van der Waals surface area (Å²) in [5, 5.41) is 12.2. The maximum atomic E-state index is 12.5. The number of alkyl halides is 2. The van der Waals surface area contributed by atoms with Gasteiger partial charge in [-0.25, -0.2) is 4.98 Å². The van der Waals surface area contributed by atoms with Crippen LogP contribution in [0.5, 0.6) is 0 Å². The van der Waals surface area contributed by atoms with Crippen molar-refractivity contribution in [1.29, 1.82) is 0 Å². The maximum absolute atomic E-state index is 12.5. The van der Waals surface area contributed by atoms with Gasteiger partial charge in [-0.2, -0.15) is 5.11 Å². The number of azo groups is 1. The molecule has 0 bridgehead atoms. The minimum atomic E-state index is -0.267. The summed E-state index contributed by atoms with van der Waals surface area (Å²) in [5.41, 5.74) is 4.32. The molecule has 10 heteroatoms. The van der Waals surface area contributed by atoms with Crippen LogP contribution in [0.3, 0.4) is 0 Å². The minimum absolute atomic E-state index is 0.156. The molecule has 1 amide bonds. The normalized spacial score (nSPS) is 13.0. The molecule has 0 radical (unpaired) electrons. The number of hydrogen-bond donors (Lipinski definition) is 2. The van der Waals surface area contributed by atoms with Gasteiger partial charge in [-0.3, -0.25) is 9.59 Å². The average Bonchev–Trinajstić information content (AvgIpc) is 2.92. The maximum Gasteiger partial charge on any atom is 0.258 e. The molecule has 0 fully saturated rings. The number of rotatable bonds is 9. The molecular formula is C28H28Br2N6O2. The van der Waals surface area contributed by atoms with Crippen LogP contribution in [0, 0.1) is 0 Å². The SMILES string of the molecule is CCN(CC)c1ccc(N=Nc2ccc(C(Br)C(Br)c3nc4ccccc4c(=O)[nH]3)cc2)c(NC(C)=O)c1. The summed E-state index contributed by atoms with van der Waals surface area (Å²) in [5.74, 6) is 0.371. The second-order valence-electron chi connectivity index (χ2n) is 8.62. The van der Waals surface area contributed by atoms with Crippen molar-refractivity contribution in [2.75, 3.05) is 23.3 Å². The molecule has 196 valence electrons. The van der Waals surface area contributed by atoms with E-state index in [-0.39, 0.29) is 21.1 Å². The minimum Gasteiger partial charge on any atom is -0.372 e. The first kappa shape index (κ1) is 27.7. The van der Waals surface area contributed by atoms with Crippen molar-refractivity contribution in [1.82, 2.24) is 9.97 Å². The first-order chi connectivity index (χ1) is 18.3. The Balaban J connectivity index is 1.53. The number of fused-ring (bicyclic) bond motifs is 1. The number of benzene rings is 3. The number of carbonyl (C=O) groups is 1. The third-order valence-corrected chi connectivity index (χ3v) is 8.78. The van der Waals surface area contributed by atoms with Gasteiger partial charge in [0, 0.05) is 25.7 Å². The lowest BCUT2D eigenvalue weighted by atomic mass is 10.1. The molecule has 2 unspecified atom stereocenters. The number of aromatic amines is 1. The van der Waals surface area contributed by atoms with E-state index < -0.39 is 0 Å². The van der Waals surface area contributed by atoms with Crippen LogP contribution in [0.15, 0.2) is 81.8 Å². The molecule has 8 nitrogen and oxygen atoms in total. The monoisotopic (exact) mass is 638 g/mol. The topological polar surface area (TPSA) is 103 Å². The van der Waals surface area contributed by atoms with Crippen molar-refractivity contribution >= 4 is 71.4 Å². The van der Waals surface area contributed by atoms with Crippen molar-refractivity contribution in [3.63, 3.8) is 0 Å². The number of amides is 1. The molecule has 0 aliphatic heterocycles. The number of nitrogens with zero attached hydrogens (tertiary/aromatic N) is 4. The van der Waals surface area contributed by atoms with Gasteiger partial charge in [0.05, 0.1) is 31.9 Å². The first-order valence-electron chi connectivity index (χ1n) is 12.3. The van der Waals surface area contributed by atoms with Crippen molar-refractivity contribution in [2.24, 2.45) is 10.2 Å². The lowest BCUT2D eigenvalue weighted by Crippen LogP contribution is -2.21. The molecule has 0 spiro atoms. The molecule has 1 aromatic heterocycles. The molecule has 4 rings (SSSR count). The number of para-hydroxylation sites is 1. The average molecular weight is 640 g/mol. The quantitative estimate of drug-likeness (QED) is 0.145. The molecule has 0 saturated heterocycles. The smallest absolute Gasteiger partial charge is 0.258 e. The highest BCUT2D eigenvalue weighted by Crippen LogP contribution is 2.41. The van der Waals surface area contributed by atoms with E-state index in [1.165, 1.54) is 6.92 Å². The molecule has 2 atom stereocenters. The Labute approximate surface area is 237 Å². The third kappa shape index (κ3) is 6.36. The van der Waals surface area contributed by atoms with E-state index in [9.17, 15) is 9.59 Å². The summed E-state index contributed by atoms with van der Waals surface area (Å²) in [6.07, 6.45) is 0. The van der Waals surface area contributed by atoms with Crippen LogP contribution in [0.1, 0.15) is 41.8 Å². The van der Waals surface area contributed by atoms with E-state index >= 15 is 0 Å². The Hall–Kier alpha value is -3.37. The molecule has 1 heterocycles. The standard InChI is InChI=1S/C28H28Br2N6O2/c1-4-36(5-2)20-14-15-23(24(16-20)31-17(3)37)35-34-19-12-10-18(11-13-19)25(29)26(30)27-32-22-9-7-6-8-21(22)28(38)33-27/h6-16,25-26H,4-5H2,1-3H3,(H,31,37)(H,32,33,38). The van der Waals surface area contributed by atoms with Crippen molar-refractivity contribution < 1.29 is 4.79 Å². The van der Waals surface area contributed by atoms with Crippen LogP contribution in [0.2, 0.25) is 0 Å². The first-order valence-corrected chi connectivity index (χ1v) is 14.1. The fourth-order valence-corrected chi connectivity index (χ4v) is 5.14. The van der Waals surface area contributed by atoms with Crippen LogP contribution >= 0.6 is 31.9 Å². The van der Waals surface area contributed by atoms with Gasteiger partial charge in [-0.1, -0.05) is 56.1 Å². The molecule has 0 aliphatic carbocycles. The lowest BCUT2D eigenvalue weighted by Gasteiger charge is -2.22. The van der Waals surface area contributed by atoms with Gasteiger partial charge in [0.15, 0.2) is 0 Å². The highest BCUT2D eigenvalue weighted by molar-refractivity contribution is 9.12. The van der Waals surface area contributed by atoms with Crippen LogP contribution in [-0.4, -0.2) is 29.0 Å². The summed E-state index contributed by atoms with van der Waals surface area (Å²) in [4.78, 5) is 33.5. The summed E-state index contributed by atoms with van der Waals surface area (Å²) in [6, 6.07) is 20.6. The van der Waals surface area contributed by atoms with Gasteiger partial charge in [-0.05, 0) is 61.9 Å². The van der Waals surface area contributed by atoms with Crippen molar-refractivity contribution in [3.05, 3.63) is 88.5 Å². The van der Waals surface area contributed by atoms with E-state index in [2.05, 4.69) is 76.1 Å². The number of hydrogen-bond acceptors (Lipinski definition) is 6. The van der Waals surface area contributed by atoms with E-state index in [0.29, 0.717) is 33.8 Å². The van der Waals surface area contributed by atoms with Crippen LogP contribution in [0.4, 0.5) is 22.7 Å². The highest BCUT2D eigenvalue weighted by Gasteiger charge is 2.22. The van der Waals surface area contributed by atoms with Crippen molar-refractivity contribution in [2.45, 2.75) is 30.4 Å². The highest BCUT2D eigenvalue weighted by atomic mass is 79.9. The Morgan fingerprint density at radius 1 is 1.00 bits per heavy atom. The fourth-order valence-electron chi connectivity index (χ4n) is 4.07. The number of H-pyrrole nitrogens is 1. The number of carbonyl (C=O) groups excluding carboxylic acids is 1. The fraction of sp³-hybridized carbons (Fsp3) is 0.250. The predicted molar refractivity (Wildman–Crippen MR) is 161 cm³/mol. The molecule has 3 aromatic carbocycles. The Morgan fingerprint density at radius 2 is 1.71 bits per heavy atom. The van der Waals surface area contributed by atoms with Gasteiger partial charge in [0.1, 0.15) is 11.5 Å². The van der Waals surface area contributed by atoms with Gasteiger partial charge in [-0.15, -0.1) is 5.11 Å². The molecular weight excluding hydrogens is 612 g/mol. The zero-order chi connectivity index (χ0) is 27.2. The molecule has 38 heavy (non-hydrogen) atoms. The largest absolute Gasteiger partial charge is 0.372 e. The van der Waals surface area contributed by atoms with E-state index in [1.54, 1.807) is 6.07 Å². The number of halogens is 2. The predicted octanol–water partition coefficient (Wildman–Crippen LogP) is 7.72. The second-order valence-corrected chi connectivity index (χ2v) is 10.6. The van der Waals surface area contributed by atoms with Gasteiger partial charge >= 0.3 is 0 Å². The number of aromatic nitrogens is 2. The van der Waals surface area contributed by atoms with Crippen LogP contribution in [0.25, 0.3) is 10.9 Å². The van der Waals surface area contributed by atoms with E-state index in [4.69, 9.17) is 0 Å². The van der Waals surface area contributed by atoms with E-state index in [0.717, 1.165) is 24.3 Å².